The van der Waals surface area contributed by atoms with Crippen molar-refractivity contribution in [2.75, 3.05) is 5.43 Å². The lowest BCUT2D eigenvalue weighted by Crippen LogP contribution is -2.24. The van der Waals surface area contributed by atoms with Crippen molar-refractivity contribution in [1.82, 2.24) is 10.3 Å². The van der Waals surface area contributed by atoms with Crippen LogP contribution in [-0.2, 0) is 11.3 Å². The molecule has 0 aliphatic heterocycles. The lowest BCUT2D eigenvalue weighted by molar-refractivity contribution is -0.122. The Morgan fingerprint density at radius 1 is 1.62 bits per heavy atom. The molecule has 1 aromatic rings. The Labute approximate surface area is 98.3 Å². The number of hydrogen-bond acceptors (Lipinski definition) is 4. The standard InChI is InChI=1S/C10H13ClN4O/c11-8-3-6(4-13-9(8)15-12)5-14-10(16)7-1-2-7/h3-4,7H,1-2,5,12H2,(H,13,15)(H,14,16). The smallest absolute Gasteiger partial charge is 0.223 e. The van der Waals surface area contributed by atoms with Crippen molar-refractivity contribution in [3.63, 3.8) is 0 Å². The summed E-state index contributed by atoms with van der Waals surface area (Å²) in [4.78, 5) is 15.4. The summed E-state index contributed by atoms with van der Waals surface area (Å²) in [5, 5.41) is 3.28. The molecule has 5 nitrogen and oxygen atoms in total. The third-order valence-electron chi connectivity index (χ3n) is 2.45. The summed E-state index contributed by atoms with van der Waals surface area (Å²) in [6, 6.07) is 1.73. The van der Waals surface area contributed by atoms with Crippen molar-refractivity contribution < 1.29 is 4.79 Å². The minimum atomic E-state index is 0.108. The molecule has 86 valence electrons. The molecular weight excluding hydrogens is 228 g/mol. The van der Waals surface area contributed by atoms with Crippen molar-refractivity contribution >= 4 is 23.3 Å². The van der Waals surface area contributed by atoms with E-state index in [1.807, 2.05) is 0 Å². The highest BCUT2D eigenvalue weighted by atomic mass is 35.5. The number of nitrogens with one attached hydrogen (secondary N) is 2. The second-order valence-electron chi connectivity index (χ2n) is 3.81. The molecule has 1 amide bonds. The molecular formula is C10H13ClN4O. The van der Waals surface area contributed by atoms with Gasteiger partial charge in [-0.15, -0.1) is 0 Å². The van der Waals surface area contributed by atoms with Crippen molar-refractivity contribution in [3.05, 3.63) is 22.8 Å². The Bertz CT molecular complexity index is 406. The van der Waals surface area contributed by atoms with Gasteiger partial charge in [-0.3, -0.25) is 4.79 Å². The maximum absolute atomic E-state index is 11.4. The average Bonchev–Trinajstić information content (AvgIpc) is 3.10. The molecule has 4 N–H and O–H groups in total. The molecule has 0 saturated heterocycles. The van der Waals surface area contributed by atoms with Crippen molar-refractivity contribution in [2.45, 2.75) is 19.4 Å². The number of rotatable bonds is 4. The zero-order valence-corrected chi connectivity index (χ0v) is 9.42. The first-order valence-electron chi connectivity index (χ1n) is 5.09. The highest BCUT2D eigenvalue weighted by molar-refractivity contribution is 6.32. The Kier molecular flexibility index (Phi) is 3.26. The zero-order chi connectivity index (χ0) is 11.5. The molecule has 0 unspecified atom stereocenters. The molecule has 0 spiro atoms. The van der Waals surface area contributed by atoms with Gasteiger partial charge in [0.15, 0.2) is 5.82 Å². The van der Waals surface area contributed by atoms with E-state index in [0.29, 0.717) is 17.4 Å². The van der Waals surface area contributed by atoms with E-state index in [-0.39, 0.29) is 11.8 Å². The monoisotopic (exact) mass is 240 g/mol. The van der Waals surface area contributed by atoms with E-state index >= 15 is 0 Å². The molecule has 0 aromatic carbocycles. The summed E-state index contributed by atoms with van der Waals surface area (Å²) in [5.41, 5.74) is 3.24. The lowest BCUT2D eigenvalue weighted by Gasteiger charge is -2.06. The van der Waals surface area contributed by atoms with Crippen LogP contribution in [0.4, 0.5) is 5.82 Å². The van der Waals surface area contributed by atoms with Gasteiger partial charge < -0.3 is 10.7 Å². The second kappa shape index (κ2) is 4.67. The van der Waals surface area contributed by atoms with Crippen LogP contribution in [0.5, 0.6) is 0 Å². The van der Waals surface area contributed by atoms with E-state index in [9.17, 15) is 4.79 Å². The normalized spacial score (nSPS) is 14.6. The fourth-order valence-electron chi connectivity index (χ4n) is 1.36. The topological polar surface area (TPSA) is 80.0 Å². The van der Waals surface area contributed by atoms with Crippen LogP contribution in [0, 0.1) is 5.92 Å². The number of halogens is 1. The lowest BCUT2D eigenvalue weighted by atomic mass is 10.2. The van der Waals surface area contributed by atoms with Crippen LogP contribution in [0.15, 0.2) is 12.3 Å². The van der Waals surface area contributed by atoms with Crippen LogP contribution in [0.1, 0.15) is 18.4 Å². The fourth-order valence-corrected chi connectivity index (χ4v) is 1.60. The van der Waals surface area contributed by atoms with Gasteiger partial charge in [0.2, 0.25) is 5.91 Å². The van der Waals surface area contributed by atoms with Crippen LogP contribution in [0.25, 0.3) is 0 Å². The minimum absolute atomic E-state index is 0.108. The number of carbonyl (C=O) groups excluding carboxylic acids is 1. The van der Waals surface area contributed by atoms with Gasteiger partial charge in [-0.05, 0) is 24.5 Å². The van der Waals surface area contributed by atoms with Crippen LogP contribution >= 0.6 is 11.6 Å². The number of nitrogen functional groups attached to an aromatic ring is 1. The molecule has 0 bridgehead atoms. The molecule has 1 aliphatic rings. The second-order valence-corrected chi connectivity index (χ2v) is 4.22. The van der Waals surface area contributed by atoms with Crippen molar-refractivity contribution in [1.29, 1.82) is 0 Å². The van der Waals surface area contributed by atoms with Crippen LogP contribution < -0.4 is 16.6 Å². The van der Waals surface area contributed by atoms with E-state index in [1.165, 1.54) is 0 Å². The van der Waals surface area contributed by atoms with E-state index in [0.717, 1.165) is 18.4 Å². The first-order valence-corrected chi connectivity index (χ1v) is 5.47. The number of hydrazine groups is 1. The summed E-state index contributed by atoms with van der Waals surface area (Å²) in [6.07, 6.45) is 3.63. The van der Waals surface area contributed by atoms with Crippen LogP contribution in [-0.4, -0.2) is 10.9 Å². The Morgan fingerprint density at radius 3 is 2.94 bits per heavy atom. The van der Waals surface area contributed by atoms with Crippen molar-refractivity contribution in [3.8, 4) is 0 Å². The van der Waals surface area contributed by atoms with E-state index in [4.69, 9.17) is 17.4 Å². The number of anilines is 1. The maximum Gasteiger partial charge on any atom is 0.223 e. The number of carbonyl (C=O) groups is 1. The first kappa shape index (κ1) is 11.2. The summed E-state index contributed by atoms with van der Waals surface area (Å²) in [7, 11) is 0. The average molecular weight is 241 g/mol. The number of aromatic nitrogens is 1. The number of hydrogen-bond donors (Lipinski definition) is 3. The van der Waals surface area contributed by atoms with Gasteiger partial charge in [0, 0.05) is 18.7 Å². The first-order chi connectivity index (χ1) is 7.70. The molecule has 1 saturated carbocycles. The van der Waals surface area contributed by atoms with Gasteiger partial charge in [-0.1, -0.05) is 11.6 Å². The minimum Gasteiger partial charge on any atom is -0.352 e. The molecule has 1 fully saturated rings. The Morgan fingerprint density at radius 2 is 2.38 bits per heavy atom. The molecule has 1 aromatic heterocycles. The molecule has 2 rings (SSSR count). The number of nitrogens with two attached hydrogens (primary N) is 1. The maximum atomic E-state index is 11.4. The Balaban J connectivity index is 1.93. The SMILES string of the molecule is NNc1ncc(CNC(=O)C2CC2)cc1Cl. The molecule has 6 heteroatoms. The zero-order valence-electron chi connectivity index (χ0n) is 8.66. The summed E-state index contributed by atoms with van der Waals surface area (Å²) < 4.78 is 0. The largest absolute Gasteiger partial charge is 0.352 e. The van der Waals surface area contributed by atoms with Gasteiger partial charge in [0.1, 0.15) is 0 Å². The van der Waals surface area contributed by atoms with E-state index < -0.39 is 0 Å². The third-order valence-corrected chi connectivity index (χ3v) is 2.74. The molecule has 0 radical (unpaired) electrons. The molecule has 1 heterocycles. The van der Waals surface area contributed by atoms with Gasteiger partial charge >= 0.3 is 0 Å². The highest BCUT2D eigenvalue weighted by Gasteiger charge is 2.29. The van der Waals surface area contributed by atoms with Crippen molar-refractivity contribution in [2.24, 2.45) is 11.8 Å². The van der Waals surface area contributed by atoms with Gasteiger partial charge in [0.05, 0.1) is 5.02 Å². The predicted molar refractivity (Wildman–Crippen MR) is 61.6 cm³/mol. The summed E-state index contributed by atoms with van der Waals surface area (Å²) in [5.74, 6) is 5.96. The summed E-state index contributed by atoms with van der Waals surface area (Å²) in [6.45, 7) is 0.451. The van der Waals surface area contributed by atoms with Gasteiger partial charge in [0.25, 0.3) is 0 Å². The number of nitrogens with zero attached hydrogens (tertiary/aromatic N) is 1. The van der Waals surface area contributed by atoms with Gasteiger partial charge in [-0.25, -0.2) is 10.8 Å². The molecule has 16 heavy (non-hydrogen) atoms. The highest BCUT2D eigenvalue weighted by Crippen LogP contribution is 2.28. The van der Waals surface area contributed by atoms with Gasteiger partial charge in [-0.2, -0.15) is 0 Å². The number of amides is 1. The Hall–Kier alpha value is -1.33. The summed E-state index contributed by atoms with van der Waals surface area (Å²) >= 11 is 5.90. The molecule has 1 aliphatic carbocycles. The predicted octanol–water partition coefficient (Wildman–Crippen LogP) is 1.05. The van der Waals surface area contributed by atoms with Crippen LogP contribution in [0.3, 0.4) is 0 Å². The quantitative estimate of drug-likeness (QED) is 0.543. The van der Waals surface area contributed by atoms with E-state index in [2.05, 4.69) is 15.7 Å². The third kappa shape index (κ3) is 2.62. The van der Waals surface area contributed by atoms with E-state index in [1.54, 1.807) is 12.3 Å². The number of pyridine rings is 1. The van der Waals surface area contributed by atoms with Crippen LogP contribution in [0.2, 0.25) is 5.02 Å². The molecule has 0 atom stereocenters. The fraction of sp³-hybridized carbons (Fsp3) is 0.400.